The first-order chi connectivity index (χ1) is 9.76. The van der Waals surface area contributed by atoms with Gasteiger partial charge in [-0.3, -0.25) is 5.10 Å². The maximum Gasteiger partial charge on any atom is 0.224 e. The van der Waals surface area contributed by atoms with E-state index in [4.69, 9.17) is 5.73 Å². The molecule has 1 aliphatic rings. The van der Waals surface area contributed by atoms with Gasteiger partial charge < -0.3 is 16.0 Å². The number of H-pyrrole nitrogens is 1. The lowest BCUT2D eigenvalue weighted by Crippen LogP contribution is -2.37. The van der Waals surface area contributed by atoms with Crippen LogP contribution in [0.15, 0.2) is 6.20 Å². The molecule has 3 heterocycles. The number of aromatic nitrogens is 4. The minimum absolute atomic E-state index is 0.267. The Morgan fingerprint density at radius 3 is 3.25 bits per heavy atom. The molecule has 0 amide bonds. The van der Waals surface area contributed by atoms with Gasteiger partial charge in [0.1, 0.15) is 5.82 Å². The first-order valence-corrected chi connectivity index (χ1v) is 7.19. The number of rotatable bonds is 4. The van der Waals surface area contributed by atoms with Crippen molar-refractivity contribution in [3.63, 3.8) is 0 Å². The second kappa shape index (κ2) is 5.62. The van der Waals surface area contributed by atoms with Crippen molar-refractivity contribution in [3.05, 3.63) is 6.20 Å². The maximum absolute atomic E-state index is 5.72. The molecule has 7 nitrogen and oxygen atoms in total. The van der Waals surface area contributed by atoms with Gasteiger partial charge >= 0.3 is 0 Å². The van der Waals surface area contributed by atoms with Crippen LogP contribution in [0.1, 0.15) is 19.8 Å². The Morgan fingerprint density at radius 1 is 1.50 bits per heavy atom. The number of fused-ring (bicyclic) bond motifs is 1. The summed E-state index contributed by atoms with van der Waals surface area (Å²) in [5.74, 6) is 1.69. The second-order valence-electron chi connectivity index (χ2n) is 5.35. The number of nitrogens with zero attached hydrogens (tertiary/aromatic N) is 4. The summed E-state index contributed by atoms with van der Waals surface area (Å²) in [6.07, 6.45) is 4.27. The highest BCUT2D eigenvalue weighted by Crippen LogP contribution is 2.21. The van der Waals surface area contributed by atoms with E-state index in [0.29, 0.717) is 11.6 Å². The number of piperidine rings is 1. The van der Waals surface area contributed by atoms with Gasteiger partial charge in [0.25, 0.3) is 0 Å². The zero-order valence-corrected chi connectivity index (χ0v) is 11.8. The van der Waals surface area contributed by atoms with Crippen LogP contribution in [-0.4, -0.2) is 51.2 Å². The highest BCUT2D eigenvalue weighted by molar-refractivity contribution is 5.86. The molecule has 2 aromatic heterocycles. The third-order valence-electron chi connectivity index (χ3n) is 3.94. The Morgan fingerprint density at radius 2 is 2.40 bits per heavy atom. The number of nitrogens with two attached hydrogens (primary N) is 1. The van der Waals surface area contributed by atoms with Crippen LogP contribution >= 0.6 is 0 Å². The van der Waals surface area contributed by atoms with Crippen molar-refractivity contribution >= 4 is 22.8 Å². The van der Waals surface area contributed by atoms with Crippen LogP contribution in [0, 0.1) is 5.92 Å². The molecule has 0 bridgehead atoms. The molecule has 108 valence electrons. The molecule has 2 aromatic rings. The van der Waals surface area contributed by atoms with E-state index in [1.54, 1.807) is 6.20 Å². The average Bonchev–Trinajstić information content (AvgIpc) is 2.93. The van der Waals surface area contributed by atoms with Gasteiger partial charge in [0, 0.05) is 13.1 Å². The van der Waals surface area contributed by atoms with Gasteiger partial charge in [-0.1, -0.05) is 6.92 Å². The summed E-state index contributed by atoms with van der Waals surface area (Å²) in [7, 11) is 0. The van der Waals surface area contributed by atoms with E-state index in [1.807, 2.05) is 0 Å². The Hall–Kier alpha value is -1.89. The summed E-state index contributed by atoms with van der Waals surface area (Å²) in [5, 5.41) is 11.1. The van der Waals surface area contributed by atoms with Crippen LogP contribution < -0.4 is 11.1 Å². The van der Waals surface area contributed by atoms with E-state index < -0.39 is 0 Å². The predicted molar refractivity (Wildman–Crippen MR) is 79.4 cm³/mol. The third-order valence-corrected chi connectivity index (χ3v) is 3.94. The smallest absolute Gasteiger partial charge is 0.224 e. The highest BCUT2D eigenvalue weighted by Gasteiger charge is 2.19. The SMILES string of the molecule is CCN1CCCC(CNc2nc(N)nc3[nH]ncc23)C1. The van der Waals surface area contributed by atoms with Crippen molar-refractivity contribution in [3.8, 4) is 0 Å². The van der Waals surface area contributed by atoms with Crippen molar-refractivity contribution in [1.82, 2.24) is 25.1 Å². The molecule has 1 atom stereocenters. The van der Waals surface area contributed by atoms with Crippen LogP contribution in [-0.2, 0) is 0 Å². The van der Waals surface area contributed by atoms with Gasteiger partial charge in [0.05, 0.1) is 11.6 Å². The standard InChI is InChI=1S/C13H21N7/c1-2-20-5-3-4-9(8-20)6-15-11-10-7-16-19-12(10)18-13(14)17-11/h7,9H,2-6,8H2,1H3,(H4,14,15,16,17,18,19). The minimum Gasteiger partial charge on any atom is -0.369 e. The summed E-state index contributed by atoms with van der Waals surface area (Å²) in [5.41, 5.74) is 6.40. The van der Waals surface area contributed by atoms with Crippen LogP contribution in [0.2, 0.25) is 0 Å². The summed E-state index contributed by atoms with van der Waals surface area (Å²) in [6.45, 7) is 6.63. The fraction of sp³-hybridized carbons (Fsp3) is 0.615. The van der Waals surface area contributed by atoms with Crippen LogP contribution in [0.3, 0.4) is 0 Å². The lowest BCUT2D eigenvalue weighted by Gasteiger charge is -2.32. The van der Waals surface area contributed by atoms with Crippen LogP contribution in [0.5, 0.6) is 0 Å². The average molecular weight is 275 g/mol. The van der Waals surface area contributed by atoms with Gasteiger partial charge in [-0.25, -0.2) is 0 Å². The molecule has 20 heavy (non-hydrogen) atoms. The van der Waals surface area contributed by atoms with Crippen molar-refractivity contribution in [2.45, 2.75) is 19.8 Å². The fourth-order valence-corrected chi connectivity index (χ4v) is 2.83. The van der Waals surface area contributed by atoms with Crippen molar-refractivity contribution in [2.24, 2.45) is 5.92 Å². The Balaban J connectivity index is 1.69. The lowest BCUT2D eigenvalue weighted by atomic mass is 9.98. The molecular weight excluding hydrogens is 254 g/mol. The molecule has 0 radical (unpaired) electrons. The van der Waals surface area contributed by atoms with Crippen molar-refractivity contribution in [1.29, 1.82) is 0 Å². The highest BCUT2D eigenvalue weighted by atomic mass is 15.2. The van der Waals surface area contributed by atoms with Gasteiger partial charge in [-0.2, -0.15) is 15.1 Å². The number of hydrogen-bond donors (Lipinski definition) is 3. The molecule has 1 unspecified atom stereocenters. The molecule has 0 spiro atoms. The first kappa shape index (κ1) is 13.1. The predicted octanol–water partition coefficient (Wildman–Crippen LogP) is 1.08. The Bertz CT molecular complexity index is 579. The summed E-state index contributed by atoms with van der Waals surface area (Å²) in [4.78, 5) is 10.9. The zero-order chi connectivity index (χ0) is 13.9. The molecule has 0 saturated carbocycles. The lowest BCUT2D eigenvalue weighted by molar-refractivity contribution is 0.189. The van der Waals surface area contributed by atoms with E-state index in [1.165, 1.54) is 19.4 Å². The van der Waals surface area contributed by atoms with Gasteiger partial charge in [0.15, 0.2) is 5.65 Å². The first-order valence-electron chi connectivity index (χ1n) is 7.19. The normalized spacial score (nSPS) is 20.4. The van der Waals surface area contributed by atoms with Gasteiger partial charge in [-0.05, 0) is 31.8 Å². The number of hydrogen-bond acceptors (Lipinski definition) is 6. The number of likely N-dealkylation sites (tertiary alicyclic amines) is 1. The molecule has 0 aliphatic carbocycles. The van der Waals surface area contributed by atoms with E-state index in [-0.39, 0.29) is 5.95 Å². The van der Waals surface area contributed by atoms with Crippen molar-refractivity contribution < 1.29 is 0 Å². The zero-order valence-electron chi connectivity index (χ0n) is 11.8. The van der Waals surface area contributed by atoms with Crippen LogP contribution in [0.25, 0.3) is 11.0 Å². The number of nitrogen functional groups attached to an aromatic ring is 1. The third kappa shape index (κ3) is 2.67. The monoisotopic (exact) mass is 275 g/mol. The molecule has 1 fully saturated rings. The van der Waals surface area contributed by atoms with Crippen LogP contribution in [0.4, 0.5) is 11.8 Å². The topological polar surface area (TPSA) is 95.7 Å². The molecule has 0 aromatic carbocycles. The Kier molecular flexibility index (Phi) is 3.68. The van der Waals surface area contributed by atoms with Gasteiger partial charge in [-0.15, -0.1) is 0 Å². The Labute approximate surface area is 118 Å². The fourth-order valence-electron chi connectivity index (χ4n) is 2.83. The summed E-state index contributed by atoms with van der Waals surface area (Å²) < 4.78 is 0. The second-order valence-corrected chi connectivity index (χ2v) is 5.35. The molecular formula is C13H21N7. The molecule has 3 rings (SSSR count). The molecule has 4 N–H and O–H groups in total. The maximum atomic E-state index is 5.72. The number of aromatic amines is 1. The summed E-state index contributed by atoms with van der Waals surface area (Å²) >= 11 is 0. The number of anilines is 2. The quantitative estimate of drug-likeness (QED) is 0.772. The molecule has 1 aliphatic heterocycles. The molecule has 7 heteroatoms. The minimum atomic E-state index is 0.267. The van der Waals surface area contributed by atoms with E-state index in [2.05, 4.69) is 37.3 Å². The molecule has 1 saturated heterocycles. The summed E-state index contributed by atoms with van der Waals surface area (Å²) in [6, 6.07) is 0. The van der Waals surface area contributed by atoms with E-state index in [0.717, 1.165) is 30.8 Å². The number of nitrogens with one attached hydrogen (secondary N) is 2. The van der Waals surface area contributed by atoms with Crippen molar-refractivity contribution in [2.75, 3.05) is 37.2 Å². The largest absolute Gasteiger partial charge is 0.369 e. The van der Waals surface area contributed by atoms with Gasteiger partial charge in [0.2, 0.25) is 5.95 Å². The van der Waals surface area contributed by atoms with E-state index >= 15 is 0 Å². The van der Waals surface area contributed by atoms with E-state index in [9.17, 15) is 0 Å².